The molecule has 1 aromatic carbocycles. The van der Waals surface area contributed by atoms with Crippen LogP contribution in [0.2, 0.25) is 10.0 Å². The Morgan fingerprint density at radius 3 is 2.67 bits per heavy atom. The Kier molecular flexibility index (Phi) is 5.18. The zero-order valence-corrected chi connectivity index (χ0v) is 14.2. The van der Waals surface area contributed by atoms with Gasteiger partial charge < -0.3 is 10.1 Å². The molecule has 1 atom stereocenters. The summed E-state index contributed by atoms with van der Waals surface area (Å²) in [7, 11) is -2.00. The highest BCUT2D eigenvalue weighted by atomic mass is 35.5. The van der Waals surface area contributed by atoms with Gasteiger partial charge in [0.25, 0.3) is 0 Å². The molecule has 1 unspecified atom stereocenters. The molecule has 0 aromatic heterocycles. The number of ether oxygens (including phenoxy) is 1. The van der Waals surface area contributed by atoms with E-state index in [-0.39, 0.29) is 9.92 Å². The van der Waals surface area contributed by atoms with Crippen molar-refractivity contribution in [1.82, 2.24) is 10.0 Å². The molecule has 118 valence electrons. The van der Waals surface area contributed by atoms with Crippen LogP contribution in [-0.2, 0) is 21.3 Å². The fourth-order valence-electron chi connectivity index (χ4n) is 2.25. The van der Waals surface area contributed by atoms with Crippen LogP contribution < -0.4 is 10.0 Å². The summed E-state index contributed by atoms with van der Waals surface area (Å²) in [5.41, 5.74) is -0.0399. The smallest absolute Gasteiger partial charge is 0.242 e. The number of sulfonamides is 1. The predicted octanol–water partition coefficient (Wildman–Crippen LogP) is 2.17. The minimum Gasteiger partial charge on any atom is -0.379 e. The number of halogens is 2. The molecule has 8 heteroatoms. The maximum Gasteiger partial charge on any atom is 0.242 e. The first-order valence-corrected chi connectivity index (χ1v) is 8.76. The first kappa shape index (κ1) is 17.0. The summed E-state index contributed by atoms with van der Waals surface area (Å²) in [5, 5.41) is 3.50. The van der Waals surface area contributed by atoms with E-state index in [9.17, 15) is 8.42 Å². The van der Waals surface area contributed by atoms with Gasteiger partial charge in [-0.15, -0.1) is 0 Å². The van der Waals surface area contributed by atoms with Crippen molar-refractivity contribution in [3.8, 4) is 0 Å². The average Bonchev–Trinajstić information content (AvgIpc) is 2.79. The lowest BCUT2D eigenvalue weighted by atomic mass is 10.0. The molecule has 1 aliphatic heterocycles. The average molecular weight is 353 g/mol. The van der Waals surface area contributed by atoms with Crippen LogP contribution in [0.15, 0.2) is 17.0 Å². The van der Waals surface area contributed by atoms with E-state index in [2.05, 4.69) is 10.0 Å². The van der Waals surface area contributed by atoms with E-state index < -0.39 is 15.6 Å². The molecule has 2 N–H and O–H groups in total. The molecule has 21 heavy (non-hydrogen) atoms. The van der Waals surface area contributed by atoms with Crippen molar-refractivity contribution in [3.05, 3.63) is 27.7 Å². The monoisotopic (exact) mass is 352 g/mol. The molecule has 0 saturated carbocycles. The highest BCUT2D eigenvalue weighted by Crippen LogP contribution is 2.32. The van der Waals surface area contributed by atoms with E-state index in [0.29, 0.717) is 36.8 Å². The molecule has 0 radical (unpaired) electrons. The number of hydrogen-bond donors (Lipinski definition) is 2. The first-order chi connectivity index (χ1) is 9.79. The quantitative estimate of drug-likeness (QED) is 0.852. The van der Waals surface area contributed by atoms with Crippen LogP contribution in [0.3, 0.4) is 0 Å². The third-order valence-corrected chi connectivity index (χ3v) is 5.97. The van der Waals surface area contributed by atoms with Gasteiger partial charge in [-0.3, -0.25) is 0 Å². The van der Waals surface area contributed by atoms with Crippen molar-refractivity contribution in [2.24, 2.45) is 0 Å². The fraction of sp³-hybridized carbons (Fsp3) is 0.538. The van der Waals surface area contributed by atoms with Crippen LogP contribution >= 0.6 is 23.2 Å². The summed E-state index contributed by atoms with van der Waals surface area (Å²) in [6.45, 7) is 3.09. The maximum atomic E-state index is 12.6. The van der Waals surface area contributed by atoms with Gasteiger partial charge in [-0.2, -0.15) is 0 Å². The van der Waals surface area contributed by atoms with Crippen LogP contribution in [0.5, 0.6) is 0 Å². The van der Waals surface area contributed by atoms with E-state index in [1.807, 2.05) is 6.92 Å². The SMILES string of the molecule is CNCc1c(Cl)ccc(S(=O)(=O)NC2(C)CCOC2)c1Cl. The van der Waals surface area contributed by atoms with Gasteiger partial charge in [0, 0.05) is 23.7 Å². The molecule has 0 spiro atoms. The standard InChI is InChI=1S/C13H18Cl2N2O3S/c1-13(5-6-20-8-13)17-21(18,19)11-4-3-10(14)9(7-16-2)12(11)15/h3-4,16-17H,5-8H2,1-2H3. The van der Waals surface area contributed by atoms with Crippen molar-refractivity contribution in [2.45, 2.75) is 30.3 Å². The van der Waals surface area contributed by atoms with Gasteiger partial charge in [-0.05, 0) is 32.5 Å². The topological polar surface area (TPSA) is 67.4 Å². The fourth-order valence-corrected chi connectivity index (χ4v) is 4.58. The number of benzene rings is 1. The second kappa shape index (κ2) is 6.40. The van der Waals surface area contributed by atoms with Crippen LogP contribution in [0, 0.1) is 0 Å². The summed E-state index contributed by atoms with van der Waals surface area (Å²) < 4.78 is 33.1. The highest BCUT2D eigenvalue weighted by Gasteiger charge is 2.35. The molecule has 5 nitrogen and oxygen atoms in total. The van der Waals surface area contributed by atoms with Crippen LogP contribution in [0.4, 0.5) is 0 Å². The normalized spacial score (nSPS) is 22.7. The summed E-state index contributed by atoms with van der Waals surface area (Å²) >= 11 is 12.3. The number of rotatable bonds is 5. The van der Waals surface area contributed by atoms with Crippen LogP contribution in [0.1, 0.15) is 18.9 Å². The molecule has 1 aromatic rings. The number of hydrogen-bond acceptors (Lipinski definition) is 4. The number of nitrogens with one attached hydrogen (secondary N) is 2. The molecule has 0 bridgehead atoms. The van der Waals surface area contributed by atoms with Gasteiger partial charge in [0.05, 0.1) is 17.2 Å². The molecule has 2 rings (SSSR count). The third-order valence-electron chi connectivity index (χ3n) is 3.39. The van der Waals surface area contributed by atoms with Crippen LogP contribution in [0.25, 0.3) is 0 Å². The zero-order valence-electron chi connectivity index (χ0n) is 11.9. The van der Waals surface area contributed by atoms with E-state index in [0.717, 1.165) is 0 Å². The first-order valence-electron chi connectivity index (χ1n) is 6.52. The van der Waals surface area contributed by atoms with Crippen LogP contribution in [-0.4, -0.2) is 34.2 Å². The Labute approximate surface area is 135 Å². The molecular weight excluding hydrogens is 335 g/mol. The molecule has 1 fully saturated rings. The van der Waals surface area contributed by atoms with Crippen molar-refractivity contribution in [3.63, 3.8) is 0 Å². The van der Waals surface area contributed by atoms with E-state index >= 15 is 0 Å². The molecule has 1 saturated heterocycles. The Morgan fingerprint density at radius 1 is 1.38 bits per heavy atom. The van der Waals surface area contributed by atoms with Gasteiger partial charge in [0.2, 0.25) is 10.0 Å². The minimum absolute atomic E-state index is 0.0342. The summed E-state index contributed by atoms with van der Waals surface area (Å²) in [6.07, 6.45) is 0.626. The molecule has 1 heterocycles. The molecule has 0 amide bonds. The van der Waals surface area contributed by atoms with Crippen molar-refractivity contribution in [2.75, 3.05) is 20.3 Å². The lowest BCUT2D eigenvalue weighted by molar-refractivity contribution is 0.178. The Hall–Kier alpha value is -0.370. The Balaban J connectivity index is 2.38. The summed E-state index contributed by atoms with van der Waals surface area (Å²) in [6, 6.07) is 2.97. The molecular formula is C13H18Cl2N2O3S. The Morgan fingerprint density at radius 2 is 2.10 bits per heavy atom. The molecule has 0 aliphatic carbocycles. The maximum absolute atomic E-state index is 12.6. The van der Waals surface area contributed by atoms with Gasteiger partial charge in [-0.25, -0.2) is 13.1 Å². The van der Waals surface area contributed by atoms with E-state index in [1.54, 1.807) is 13.1 Å². The van der Waals surface area contributed by atoms with Crippen molar-refractivity contribution >= 4 is 33.2 Å². The van der Waals surface area contributed by atoms with Gasteiger partial charge in [0.1, 0.15) is 4.90 Å². The van der Waals surface area contributed by atoms with Crippen molar-refractivity contribution < 1.29 is 13.2 Å². The second-order valence-electron chi connectivity index (χ2n) is 5.34. The highest BCUT2D eigenvalue weighted by molar-refractivity contribution is 7.89. The lowest BCUT2D eigenvalue weighted by Gasteiger charge is -2.24. The largest absolute Gasteiger partial charge is 0.379 e. The third kappa shape index (κ3) is 3.70. The Bertz CT molecular complexity index is 629. The summed E-state index contributed by atoms with van der Waals surface area (Å²) in [5.74, 6) is 0. The minimum atomic E-state index is -3.74. The lowest BCUT2D eigenvalue weighted by Crippen LogP contribution is -2.46. The zero-order chi connectivity index (χ0) is 15.7. The van der Waals surface area contributed by atoms with Gasteiger partial charge in [0.15, 0.2) is 0 Å². The van der Waals surface area contributed by atoms with E-state index in [4.69, 9.17) is 27.9 Å². The second-order valence-corrected chi connectivity index (χ2v) is 7.77. The summed E-state index contributed by atoms with van der Waals surface area (Å²) in [4.78, 5) is 0.0342. The van der Waals surface area contributed by atoms with Gasteiger partial charge >= 0.3 is 0 Å². The van der Waals surface area contributed by atoms with E-state index in [1.165, 1.54) is 6.07 Å². The molecule has 1 aliphatic rings. The van der Waals surface area contributed by atoms with Gasteiger partial charge in [-0.1, -0.05) is 23.2 Å². The van der Waals surface area contributed by atoms with Crippen molar-refractivity contribution in [1.29, 1.82) is 0 Å². The predicted molar refractivity (Wildman–Crippen MR) is 83.4 cm³/mol.